The SMILES string of the molecule is O=C1CN=C(C(F)(F)F)N1. The normalized spacial score (nSPS) is 18.7. The van der Waals surface area contributed by atoms with Crippen molar-refractivity contribution in [2.45, 2.75) is 6.18 Å². The number of aliphatic imine (C=N–C) groups is 1. The van der Waals surface area contributed by atoms with Crippen LogP contribution in [0.25, 0.3) is 0 Å². The Morgan fingerprint density at radius 2 is 2.10 bits per heavy atom. The maximum absolute atomic E-state index is 11.6. The van der Waals surface area contributed by atoms with E-state index in [1.54, 1.807) is 5.32 Å². The Morgan fingerprint density at radius 1 is 1.50 bits per heavy atom. The van der Waals surface area contributed by atoms with Crippen LogP contribution in [0.5, 0.6) is 0 Å². The summed E-state index contributed by atoms with van der Waals surface area (Å²) in [5.74, 6) is -1.91. The lowest BCUT2D eigenvalue weighted by Gasteiger charge is -2.03. The van der Waals surface area contributed by atoms with E-state index < -0.39 is 24.5 Å². The molecule has 1 heterocycles. The molecule has 1 aliphatic rings. The molecule has 6 heteroatoms. The molecule has 1 N–H and O–H groups in total. The molecule has 0 aliphatic carbocycles. The highest BCUT2D eigenvalue weighted by Gasteiger charge is 2.39. The van der Waals surface area contributed by atoms with E-state index in [1.807, 2.05) is 0 Å². The molecule has 1 aliphatic heterocycles. The van der Waals surface area contributed by atoms with Gasteiger partial charge in [0.15, 0.2) is 0 Å². The number of amides is 1. The van der Waals surface area contributed by atoms with E-state index >= 15 is 0 Å². The molecule has 0 bridgehead atoms. The van der Waals surface area contributed by atoms with E-state index in [-0.39, 0.29) is 0 Å². The Kier molecular flexibility index (Phi) is 1.38. The number of hydrogen-bond donors (Lipinski definition) is 1. The number of carbonyl (C=O) groups excluding carboxylic acids is 1. The molecule has 0 aromatic carbocycles. The minimum Gasteiger partial charge on any atom is -0.305 e. The number of amidine groups is 1. The van der Waals surface area contributed by atoms with Crippen molar-refractivity contribution in [3.05, 3.63) is 0 Å². The van der Waals surface area contributed by atoms with Gasteiger partial charge in [0, 0.05) is 0 Å². The van der Waals surface area contributed by atoms with Gasteiger partial charge in [-0.05, 0) is 0 Å². The largest absolute Gasteiger partial charge is 0.449 e. The molecule has 0 fully saturated rings. The molecule has 0 spiro atoms. The number of nitrogens with zero attached hydrogens (tertiary/aromatic N) is 1. The molecule has 0 saturated heterocycles. The lowest BCUT2D eigenvalue weighted by molar-refractivity contribution is -0.118. The highest BCUT2D eigenvalue weighted by atomic mass is 19.4. The van der Waals surface area contributed by atoms with Crippen LogP contribution in [0.15, 0.2) is 4.99 Å². The maximum Gasteiger partial charge on any atom is 0.449 e. The highest BCUT2D eigenvalue weighted by Crippen LogP contribution is 2.17. The van der Waals surface area contributed by atoms with Crippen molar-refractivity contribution in [2.24, 2.45) is 4.99 Å². The number of nitrogens with one attached hydrogen (secondary N) is 1. The molecule has 56 valence electrons. The molecule has 3 nitrogen and oxygen atoms in total. The average molecular weight is 152 g/mol. The lowest BCUT2D eigenvalue weighted by atomic mass is 10.6. The summed E-state index contributed by atoms with van der Waals surface area (Å²) in [6, 6.07) is 0. The van der Waals surface area contributed by atoms with Gasteiger partial charge in [-0.1, -0.05) is 0 Å². The number of rotatable bonds is 0. The van der Waals surface area contributed by atoms with Crippen molar-refractivity contribution < 1.29 is 18.0 Å². The quantitative estimate of drug-likeness (QED) is 0.524. The number of hydrogen-bond acceptors (Lipinski definition) is 2. The first kappa shape index (κ1) is 7.04. The first-order valence-corrected chi connectivity index (χ1v) is 2.41. The zero-order valence-corrected chi connectivity index (χ0v) is 4.70. The van der Waals surface area contributed by atoms with Crippen LogP contribution in [0.2, 0.25) is 0 Å². The predicted molar refractivity (Wildman–Crippen MR) is 26.5 cm³/mol. The summed E-state index contributed by atoms with van der Waals surface area (Å²) in [4.78, 5) is 13.1. The number of carbonyl (C=O) groups is 1. The summed E-state index contributed by atoms with van der Waals surface area (Å²) in [6.07, 6.45) is -4.52. The van der Waals surface area contributed by atoms with Gasteiger partial charge in [-0.3, -0.25) is 9.79 Å². The van der Waals surface area contributed by atoms with Gasteiger partial charge >= 0.3 is 6.18 Å². The first-order chi connectivity index (χ1) is 4.50. The maximum atomic E-state index is 11.6. The fraction of sp³-hybridized carbons (Fsp3) is 0.500. The smallest absolute Gasteiger partial charge is 0.305 e. The van der Waals surface area contributed by atoms with Crippen molar-refractivity contribution >= 4 is 11.7 Å². The Labute approximate surface area is 53.9 Å². The summed E-state index contributed by atoms with van der Waals surface area (Å²) in [7, 11) is 0. The molecular formula is C4H3F3N2O. The number of alkyl halides is 3. The second-order valence-electron chi connectivity index (χ2n) is 1.71. The summed E-state index contributed by atoms with van der Waals surface area (Å²) >= 11 is 0. The molecule has 0 aromatic rings. The van der Waals surface area contributed by atoms with Crippen LogP contribution in [-0.4, -0.2) is 24.5 Å². The summed E-state index contributed by atoms with van der Waals surface area (Å²) < 4.78 is 34.8. The zero-order chi connectivity index (χ0) is 7.78. The van der Waals surface area contributed by atoms with Gasteiger partial charge in [0.1, 0.15) is 6.54 Å². The third-order valence-electron chi connectivity index (χ3n) is 0.907. The average Bonchev–Trinajstić information content (AvgIpc) is 2.11. The molecule has 0 aromatic heterocycles. The molecule has 0 radical (unpaired) electrons. The Morgan fingerprint density at radius 3 is 2.30 bits per heavy atom. The van der Waals surface area contributed by atoms with E-state index in [9.17, 15) is 18.0 Å². The Bertz CT molecular complexity index is 195. The minimum absolute atomic E-state index is 0.422. The van der Waals surface area contributed by atoms with Crippen LogP contribution in [0.1, 0.15) is 0 Å². The zero-order valence-electron chi connectivity index (χ0n) is 4.70. The van der Waals surface area contributed by atoms with Crippen LogP contribution >= 0.6 is 0 Å². The topological polar surface area (TPSA) is 41.5 Å². The molecule has 0 saturated carbocycles. The Hall–Kier alpha value is -1.07. The van der Waals surface area contributed by atoms with Crippen molar-refractivity contribution in [1.29, 1.82) is 0 Å². The van der Waals surface area contributed by atoms with Gasteiger partial charge in [0.25, 0.3) is 0 Å². The highest BCUT2D eigenvalue weighted by molar-refractivity contribution is 6.06. The fourth-order valence-corrected chi connectivity index (χ4v) is 0.522. The van der Waals surface area contributed by atoms with Gasteiger partial charge in [0.2, 0.25) is 11.7 Å². The standard InChI is InChI=1S/C4H3F3N2O/c5-4(6,7)3-8-1-2(10)9-3/h1H2,(H,8,9,10). The predicted octanol–water partition coefficient (Wildman–Crippen LogP) is 0.0770. The van der Waals surface area contributed by atoms with Gasteiger partial charge in [-0.2, -0.15) is 13.2 Å². The van der Waals surface area contributed by atoms with Crippen molar-refractivity contribution in [3.8, 4) is 0 Å². The fourth-order valence-electron chi connectivity index (χ4n) is 0.522. The first-order valence-electron chi connectivity index (χ1n) is 2.41. The Balaban J connectivity index is 2.69. The monoisotopic (exact) mass is 152 g/mol. The van der Waals surface area contributed by atoms with Crippen LogP contribution in [0.4, 0.5) is 13.2 Å². The van der Waals surface area contributed by atoms with E-state index in [4.69, 9.17) is 0 Å². The van der Waals surface area contributed by atoms with Crippen molar-refractivity contribution in [2.75, 3.05) is 6.54 Å². The second-order valence-corrected chi connectivity index (χ2v) is 1.71. The third-order valence-corrected chi connectivity index (χ3v) is 0.907. The minimum atomic E-state index is -4.52. The van der Waals surface area contributed by atoms with Crippen molar-refractivity contribution in [1.82, 2.24) is 5.32 Å². The second kappa shape index (κ2) is 1.96. The summed E-state index contributed by atoms with van der Waals surface area (Å²) in [6.45, 7) is -0.422. The van der Waals surface area contributed by atoms with Crippen molar-refractivity contribution in [3.63, 3.8) is 0 Å². The third kappa shape index (κ3) is 1.26. The van der Waals surface area contributed by atoms with E-state index in [0.717, 1.165) is 0 Å². The van der Waals surface area contributed by atoms with Gasteiger partial charge in [-0.15, -0.1) is 0 Å². The summed E-state index contributed by atoms with van der Waals surface area (Å²) in [5, 5.41) is 1.58. The van der Waals surface area contributed by atoms with Crippen LogP contribution in [-0.2, 0) is 4.79 Å². The van der Waals surface area contributed by atoms with E-state index in [0.29, 0.717) is 0 Å². The lowest BCUT2D eigenvalue weighted by Crippen LogP contribution is -2.36. The van der Waals surface area contributed by atoms with Gasteiger partial charge in [0.05, 0.1) is 0 Å². The van der Waals surface area contributed by atoms with Crippen LogP contribution in [0.3, 0.4) is 0 Å². The molecule has 1 rings (SSSR count). The van der Waals surface area contributed by atoms with Gasteiger partial charge in [-0.25, -0.2) is 0 Å². The van der Waals surface area contributed by atoms with E-state index in [1.165, 1.54) is 0 Å². The molecule has 10 heavy (non-hydrogen) atoms. The number of halogens is 3. The van der Waals surface area contributed by atoms with Gasteiger partial charge < -0.3 is 5.32 Å². The molecule has 0 atom stereocenters. The molecule has 0 unspecified atom stereocenters. The summed E-state index contributed by atoms with van der Waals surface area (Å²) in [5.41, 5.74) is 0. The van der Waals surface area contributed by atoms with Crippen LogP contribution in [0, 0.1) is 0 Å². The van der Waals surface area contributed by atoms with Crippen LogP contribution < -0.4 is 5.32 Å². The molecule has 1 amide bonds. The molecular weight excluding hydrogens is 149 g/mol. The van der Waals surface area contributed by atoms with E-state index in [2.05, 4.69) is 4.99 Å².